The molecule has 49 heavy (non-hydrogen) atoms. The van der Waals surface area contributed by atoms with E-state index in [0.717, 1.165) is 56.1 Å². The van der Waals surface area contributed by atoms with Crippen LogP contribution in [0.2, 0.25) is 0 Å². The Balaban J connectivity index is 2.10. The minimum absolute atomic E-state index is 0.000645. The quantitative estimate of drug-likeness (QED) is 0.131. The summed E-state index contributed by atoms with van der Waals surface area (Å²) in [6.07, 6.45) is 6.93. The lowest BCUT2D eigenvalue weighted by Crippen LogP contribution is -2.54. The van der Waals surface area contributed by atoms with E-state index in [0.29, 0.717) is 24.2 Å². The number of carbonyl (C=O) groups is 1. The standard InChI is InChI=1S/C41H70N2O6/c1-15-39(14,16-2)24-29-26(7)32(44)42(34(29)46)21-22-43-33(45)27(8)30(35(43)47)38(12,13)41(19-5,20-6)40(17-3,18-4)23-28-25-49-36(48)31(28)37(9,10)11/h28,31,44-47H,15-25H2,1-14H3. The van der Waals surface area contributed by atoms with Crippen LogP contribution in [0, 0.1) is 47.3 Å². The van der Waals surface area contributed by atoms with E-state index in [9.17, 15) is 25.2 Å². The van der Waals surface area contributed by atoms with E-state index in [-0.39, 0.29) is 76.1 Å². The van der Waals surface area contributed by atoms with Crippen LogP contribution in [0.1, 0.15) is 150 Å². The number of aromatic nitrogens is 2. The monoisotopic (exact) mass is 687 g/mol. The van der Waals surface area contributed by atoms with E-state index in [4.69, 9.17) is 4.74 Å². The molecule has 1 aliphatic heterocycles. The minimum Gasteiger partial charge on any atom is -0.494 e. The number of aromatic hydroxyl groups is 4. The molecule has 1 aliphatic rings. The van der Waals surface area contributed by atoms with Crippen LogP contribution in [0.25, 0.3) is 0 Å². The average Bonchev–Trinajstić information content (AvgIpc) is 3.60. The maximum absolute atomic E-state index is 13.0. The summed E-state index contributed by atoms with van der Waals surface area (Å²) in [7, 11) is 0. The SMILES string of the molecule is CCC(C)(CC)Cc1c(C)c(O)n(CCn2c(O)c(C)c(C(C)(C)C(CC)(CC)C(CC)(CC)CC3COC(=O)C3C(C)(C)C)c2O)c1O. The van der Waals surface area contributed by atoms with Crippen LogP contribution < -0.4 is 0 Å². The Morgan fingerprint density at radius 1 is 0.694 bits per heavy atom. The summed E-state index contributed by atoms with van der Waals surface area (Å²) >= 11 is 0. The molecule has 3 heterocycles. The van der Waals surface area contributed by atoms with Crippen molar-refractivity contribution in [3.05, 3.63) is 22.3 Å². The Bertz CT molecular complexity index is 1460. The molecule has 2 unspecified atom stereocenters. The van der Waals surface area contributed by atoms with E-state index in [1.807, 2.05) is 13.8 Å². The van der Waals surface area contributed by atoms with Gasteiger partial charge < -0.3 is 25.2 Å². The zero-order valence-corrected chi connectivity index (χ0v) is 33.4. The first kappa shape index (κ1) is 40.7. The van der Waals surface area contributed by atoms with Crippen LogP contribution in [0.5, 0.6) is 23.5 Å². The van der Waals surface area contributed by atoms with Crippen molar-refractivity contribution in [2.75, 3.05) is 6.61 Å². The minimum atomic E-state index is -0.577. The third kappa shape index (κ3) is 6.59. The van der Waals surface area contributed by atoms with Crippen molar-refractivity contribution in [3.8, 4) is 23.5 Å². The normalized spacial score (nSPS) is 18.0. The van der Waals surface area contributed by atoms with Crippen LogP contribution in [-0.4, -0.2) is 42.1 Å². The van der Waals surface area contributed by atoms with Crippen LogP contribution in [0.15, 0.2) is 0 Å². The van der Waals surface area contributed by atoms with Crippen molar-refractivity contribution >= 4 is 5.97 Å². The van der Waals surface area contributed by atoms with Gasteiger partial charge in [-0.3, -0.25) is 13.9 Å². The van der Waals surface area contributed by atoms with Gasteiger partial charge in [0.1, 0.15) is 0 Å². The molecule has 1 fully saturated rings. The fraction of sp³-hybridized carbons (Fsp3) is 0.780. The van der Waals surface area contributed by atoms with Crippen molar-refractivity contribution in [2.24, 2.45) is 33.5 Å². The van der Waals surface area contributed by atoms with Crippen molar-refractivity contribution < 1.29 is 30.0 Å². The Morgan fingerprint density at radius 3 is 1.63 bits per heavy atom. The highest BCUT2D eigenvalue weighted by molar-refractivity contribution is 5.75. The number of nitrogens with zero attached hydrogens (tertiary/aromatic N) is 2. The molecule has 0 saturated carbocycles. The molecule has 2 aromatic rings. The summed E-state index contributed by atoms with van der Waals surface area (Å²) in [5.74, 6) is -0.110. The second kappa shape index (κ2) is 14.5. The molecule has 2 atom stereocenters. The van der Waals surface area contributed by atoms with Crippen LogP contribution in [-0.2, 0) is 34.5 Å². The number of ether oxygens (including phenoxy) is 1. The van der Waals surface area contributed by atoms with E-state index >= 15 is 0 Å². The summed E-state index contributed by atoms with van der Waals surface area (Å²) in [6.45, 7) is 30.8. The van der Waals surface area contributed by atoms with Gasteiger partial charge in [-0.25, -0.2) is 0 Å². The molecular formula is C41H70N2O6. The van der Waals surface area contributed by atoms with Gasteiger partial charge >= 0.3 is 5.97 Å². The average molecular weight is 687 g/mol. The zero-order valence-electron chi connectivity index (χ0n) is 33.4. The lowest BCUT2D eigenvalue weighted by atomic mass is 9.44. The maximum Gasteiger partial charge on any atom is 0.309 e. The Kier molecular flexibility index (Phi) is 12.0. The van der Waals surface area contributed by atoms with E-state index < -0.39 is 5.41 Å². The van der Waals surface area contributed by atoms with Gasteiger partial charge in [0.15, 0.2) is 23.5 Å². The first-order chi connectivity index (χ1) is 22.6. The molecule has 0 radical (unpaired) electrons. The molecule has 0 amide bonds. The van der Waals surface area contributed by atoms with Crippen molar-refractivity contribution in [2.45, 2.75) is 167 Å². The summed E-state index contributed by atoms with van der Waals surface area (Å²) in [4.78, 5) is 13.0. The Labute approximate surface area is 297 Å². The highest BCUT2D eigenvalue weighted by Gasteiger charge is 2.59. The fourth-order valence-electron chi connectivity index (χ4n) is 10.5. The molecule has 1 saturated heterocycles. The number of cyclic esters (lactones) is 1. The number of esters is 1. The summed E-state index contributed by atoms with van der Waals surface area (Å²) < 4.78 is 8.74. The second-order valence-corrected chi connectivity index (χ2v) is 17.2. The molecule has 0 aromatic carbocycles. The lowest BCUT2D eigenvalue weighted by Gasteiger charge is -2.60. The highest BCUT2D eigenvalue weighted by Crippen LogP contribution is 2.65. The van der Waals surface area contributed by atoms with Gasteiger partial charge in [0.2, 0.25) is 0 Å². The number of carbonyl (C=O) groups excluding carboxylic acids is 1. The number of hydrogen-bond acceptors (Lipinski definition) is 6. The zero-order chi connectivity index (χ0) is 37.5. The molecule has 2 aromatic heterocycles. The van der Waals surface area contributed by atoms with Gasteiger partial charge in [0, 0.05) is 46.7 Å². The van der Waals surface area contributed by atoms with Crippen molar-refractivity contribution in [1.82, 2.24) is 9.13 Å². The van der Waals surface area contributed by atoms with E-state index in [2.05, 4.69) is 83.1 Å². The Hall–Kier alpha value is -2.77. The first-order valence-electron chi connectivity index (χ1n) is 19.0. The molecule has 0 bridgehead atoms. The second-order valence-electron chi connectivity index (χ2n) is 17.2. The van der Waals surface area contributed by atoms with Crippen LogP contribution in [0.4, 0.5) is 0 Å². The topological polar surface area (TPSA) is 117 Å². The smallest absolute Gasteiger partial charge is 0.309 e. The maximum atomic E-state index is 13.0. The van der Waals surface area contributed by atoms with Gasteiger partial charge in [-0.05, 0) is 74.0 Å². The number of rotatable bonds is 16. The summed E-state index contributed by atoms with van der Waals surface area (Å²) in [6, 6.07) is 0. The molecule has 8 nitrogen and oxygen atoms in total. The number of hydrogen-bond donors (Lipinski definition) is 4. The summed E-state index contributed by atoms with van der Waals surface area (Å²) in [5, 5.41) is 46.0. The molecule has 3 rings (SSSR count). The lowest BCUT2D eigenvalue weighted by molar-refractivity contribution is -0.144. The molecule has 8 heteroatoms. The van der Waals surface area contributed by atoms with Gasteiger partial charge in [-0.2, -0.15) is 0 Å². The predicted molar refractivity (Wildman–Crippen MR) is 198 cm³/mol. The van der Waals surface area contributed by atoms with Crippen molar-refractivity contribution in [3.63, 3.8) is 0 Å². The van der Waals surface area contributed by atoms with E-state index in [1.165, 1.54) is 9.13 Å². The molecular weight excluding hydrogens is 616 g/mol. The third-order valence-corrected chi connectivity index (χ3v) is 14.0. The summed E-state index contributed by atoms with van der Waals surface area (Å²) in [5.41, 5.74) is 1.51. The fourth-order valence-corrected chi connectivity index (χ4v) is 10.5. The Morgan fingerprint density at radius 2 is 1.18 bits per heavy atom. The van der Waals surface area contributed by atoms with E-state index in [1.54, 1.807) is 0 Å². The van der Waals surface area contributed by atoms with Crippen LogP contribution in [0.3, 0.4) is 0 Å². The molecule has 0 spiro atoms. The molecule has 4 N–H and O–H groups in total. The first-order valence-corrected chi connectivity index (χ1v) is 19.0. The largest absolute Gasteiger partial charge is 0.494 e. The molecule has 280 valence electrons. The predicted octanol–water partition coefficient (Wildman–Crippen LogP) is 9.91. The van der Waals surface area contributed by atoms with Gasteiger partial charge in [-0.15, -0.1) is 0 Å². The van der Waals surface area contributed by atoms with Crippen LogP contribution >= 0.6 is 0 Å². The highest BCUT2D eigenvalue weighted by atomic mass is 16.5. The third-order valence-electron chi connectivity index (χ3n) is 14.0. The van der Waals surface area contributed by atoms with Crippen molar-refractivity contribution in [1.29, 1.82) is 0 Å². The molecule has 0 aliphatic carbocycles. The van der Waals surface area contributed by atoms with Gasteiger partial charge in [0.25, 0.3) is 0 Å². The van der Waals surface area contributed by atoms with Gasteiger partial charge in [-0.1, -0.05) is 95.9 Å². The van der Waals surface area contributed by atoms with Gasteiger partial charge in [0.05, 0.1) is 12.5 Å².